The maximum atomic E-state index is 11.2. The SMILES string of the molecule is O=c1cccc(-c2nc3cc(Cl)c(Cl)cc3[nH]2)[nH]1. The summed E-state index contributed by atoms with van der Waals surface area (Å²) in [6.07, 6.45) is 0. The highest BCUT2D eigenvalue weighted by atomic mass is 35.5. The summed E-state index contributed by atoms with van der Waals surface area (Å²) in [6, 6.07) is 8.26. The zero-order valence-corrected chi connectivity index (χ0v) is 10.5. The van der Waals surface area contributed by atoms with Crippen LogP contribution in [0.25, 0.3) is 22.6 Å². The molecule has 0 aliphatic heterocycles. The number of nitrogens with one attached hydrogen (secondary N) is 2. The molecule has 18 heavy (non-hydrogen) atoms. The molecule has 2 N–H and O–H groups in total. The molecule has 3 aromatic rings. The van der Waals surface area contributed by atoms with Crippen LogP contribution in [0.3, 0.4) is 0 Å². The number of hydrogen-bond donors (Lipinski definition) is 2. The van der Waals surface area contributed by atoms with Gasteiger partial charge in [0.25, 0.3) is 0 Å². The molecule has 6 heteroatoms. The number of hydrogen-bond acceptors (Lipinski definition) is 2. The summed E-state index contributed by atoms with van der Waals surface area (Å²) in [7, 11) is 0. The van der Waals surface area contributed by atoms with Crippen molar-refractivity contribution in [3.63, 3.8) is 0 Å². The number of imidazole rings is 1. The molecule has 0 unspecified atom stereocenters. The van der Waals surface area contributed by atoms with E-state index in [0.717, 1.165) is 5.52 Å². The summed E-state index contributed by atoms with van der Waals surface area (Å²) in [5.41, 5.74) is 1.91. The first-order valence-electron chi connectivity index (χ1n) is 5.18. The Labute approximate surface area is 112 Å². The van der Waals surface area contributed by atoms with Gasteiger partial charge in [0.15, 0.2) is 5.82 Å². The van der Waals surface area contributed by atoms with E-state index >= 15 is 0 Å². The van der Waals surface area contributed by atoms with Gasteiger partial charge in [0.2, 0.25) is 5.56 Å². The van der Waals surface area contributed by atoms with Gasteiger partial charge in [-0.15, -0.1) is 0 Å². The smallest absolute Gasteiger partial charge is 0.248 e. The van der Waals surface area contributed by atoms with Crippen molar-refractivity contribution in [2.45, 2.75) is 0 Å². The first kappa shape index (κ1) is 11.3. The van der Waals surface area contributed by atoms with Crippen molar-refractivity contribution in [1.29, 1.82) is 0 Å². The maximum absolute atomic E-state index is 11.2. The van der Waals surface area contributed by atoms with E-state index in [-0.39, 0.29) is 5.56 Å². The van der Waals surface area contributed by atoms with Crippen molar-refractivity contribution in [1.82, 2.24) is 15.0 Å². The van der Waals surface area contributed by atoms with Gasteiger partial charge < -0.3 is 9.97 Å². The van der Waals surface area contributed by atoms with Crippen LogP contribution in [0.1, 0.15) is 0 Å². The van der Waals surface area contributed by atoms with Crippen LogP contribution >= 0.6 is 23.2 Å². The Bertz CT molecular complexity index is 752. The lowest BCUT2D eigenvalue weighted by atomic mass is 10.3. The third-order valence-corrected chi connectivity index (χ3v) is 3.27. The maximum Gasteiger partial charge on any atom is 0.248 e. The van der Waals surface area contributed by atoms with Gasteiger partial charge in [0.05, 0.1) is 26.8 Å². The van der Waals surface area contributed by atoms with E-state index in [1.165, 1.54) is 6.07 Å². The fourth-order valence-corrected chi connectivity index (χ4v) is 2.04. The molecule has 4 nitrogen and oxygen atoms in total. The largest absolute Gasteiger partial charge is 0.337 e. The van der Waals surface area contributed by atoms with E-state index < -0.39 is 0 Å². The van der Waals surface area contributed by atoms with Gasteiger partial charge in [0, 0.05) is 6.07 Å². The van der Waals surface area contributed by atoms with Gasteiger partial charge in [-0.1, -0.05) is 29.3 Å². The zero-order valence-electron chi connectivity index (χ0n) is 9.00. The van der Waals surface area contributed by atoms with E-state index in [2.05, 4.69) is 15.0 Å². The standard InChI is InChI=1S/C12H7Cl2N3O/c13-6-4-9-10(5-7(6)14)17-12(16-9)8-2-1-3-11(18)15-8/h1-5H,(H,15,18)(H,16,17). The van der Waals surface area contributed by atoms with Crippen molar-refractivity contribution >= 4 is 34.2 Å². The number of fused-ring (bicyclic) bond motifs is 1. The Kier molecular flexibility index (Phi) is 2.61. The minimum atomic E-state index is -0.177. The normalized spacial score (nSPS) is 11.0. The molecule has 0 aliphatic rings. The van der Waals surface area contributed by atoms with E-state index in [1.54, 1.807) is 24.3 Å². The predicted molar refractivity (Wildman–Crippen MR) is 72.2 cm³/mol. The summed E-state index contributed by atoms with van der Waals surface area (Å²) >= 11 is 11.9. The molecule has 0 fully saturated rings. The van der Waals surface area contributed by atoms with E-state index in [0.29, 0.717) is 27.1 Å². The van der Waals surface area contributed by atoms with Crippen molar-refractivity contribution in [3.05, 3.63) is 50.7 Å². The second-order valence-corrected chi connectivity index (χ2v) is 4.61. The Morgan fingerprint density at radius 1 is 1.06 bits per heavy atom. The fraction of sp³-hybridized carbons (Fsp3) is 0. The lowest BCUT2D eigenvalue weighted by Gasteiger charge is -1.94. The summed E-state index contributed by atoms with van der Waals surface area (Å²) in [6.45, 7) is 0. The monoisotopic (exact) mass is 279 g/mol. The lowest BCUT2D eigenvalue weighted by Crippen LogP contribution is -2.03. The molecule has 0 spiro atoms. The molecule has 0 radical (unpaired) electrons. The summed E-state index contributed by atoms with van der Waals surface area (Å²) < 4.78 is 0. The highest BCUT2D eigenvalue weighted by molar-refractivity contribution is 6.42. The van der Waals surface area contributed by atoms with Crippen LogP contribution in [0.15, 0.2) is 35.1 Å². The number of halogens is 2. The summed E-state index contributed by atoms with van der Waals surface area (Å²) in [4.78, 5) is 21.4. The Balaban J connectivity index is 2.22. The van der Waals surface area contributed by atoms with Gasteiger partial charge in [-0.3, -0.25) is 4.79 Å². The van der Waals surface area contributed by atoms with Gasteiger partial charge in [-0.25, -0.2) is 4.98 Å². The van der Waals surface area contributed by atoms with Crippen molar-refractivity contribution in [2.75, 3.05) is 0 Å². The molecule has 1 aromatic carbocycles. The number of benzene rings is 1. The van der Waals surface area contributed by atoms with Crippen molar-refractivity contribution in [3.8, 4) is 11.5 Å². The molecular weight excluding hydrogens is 273 g/mol. The number of aromatic nitrogens is 3. The van der Waals surface area contributed by atoms with Crippen molar-refractivity contribution in [2.24, 2.45) is 0 Å². The topological polar surface area (TPSA) is 61.5 Å². The zero-order chi connectivity index (χ0) is 12.7. The second kappa shape index (κ2) is 4.15. The van der Waals surface area contributed by atoms with Crippen LogP contribution in [0.4, 0.5) is 0 Å². The molecule has 0 aliphatic carbocycles. The number of nitrogens with zero attached hydrogens (tertiary/aromatic N) is 1. The number of pyridine rings is 1. The molecule has 0 atom stereocenters. The second-order valence-electron chi connectivity index (χ2n) is 3.80. The van der Waals surface area contributed by atoms with E-state index in [9.17, 15) is 4.79 Å². The van der Waals surface area contributed by atoms with Gasteiger partial charge in [-0.2, -0.15) is 0 Å². The van der Waals surface area contributed by atoms with Gasteiger partial charge in [-0.05, 0) is 18.2 Å². The summed E-state index contributed by atoms with van der Waals surface area (Å²) in [5.74, 6) is 0.570. The Hall–Kier alpha value is -1.78. The highest BCUT2D eigenvalue weighted by Gasteiger charge is 2.08. The first-order valence-corrected chi connectivity index (χ1v) is 5.93. The van der Waals surface area contributed by atoms with Crippen LogP contribution < -0.4 is 5.56 Å². The number of H-pyrrole nitrogens is 2. The molecule has 2 heterocycles. The molecule has 3 rings (SSSR count). The average molecular weight is 280 g/mol. The third-order valence-electron chi connectivity index (χ3n) is 2.55. The number of rotatable bonds is 1. The van der Waals surface area contributed by atoms with Crippen LogP contribution in [0, 0.1) is 0 Å². The van der Waals surface area contributed by atoms with Crippen LogP contribution in [0.5, 0.6) is 0 Å². The molecule has 2 aromatic heterocycles. The Morgan fingerprint density at radius 2 is 1.83 bits per heavy atom. The van der Waals surface area contributed by atoms with Crippen LogP contribution in [-0.2, 0) is 0 Å². The minimum absolute atomic E-state index is 0.177. The van der Waals surface area contributed by atoms with Crippen LogP contribution in [-0.4, -0.2) is 15.0 Å². The third kappa shape index (κ3) is 1.89. The average Bonchev–Trinajstić information content (AvgIpc) is 2.73. The molecule has 0 amide bonds. The predicted octanol–water partition coefficient (Wildman–Crippen LogP) is 3.23. The van der Waals surface area contributed by atoms with E-state index in [4.69, 9.17) is 23.2 Å². The molecule has 0 saturated heterocycles. The van der Waals surface area contributed by atoms with Gasteiger partial charge in [0.1, 0.15) is 0 Å². The fourth-order valence-electron chi connectivity index (χ4n) is 1.72. The number of aromatic amines is 2. The quantitative estimate of drug-likeness (QED) is 0.718. The van der Waals surface area contributed by atoms with Gasteiger partial charge >= 0.3 is 0 Å². The minimum Gasteiger partial charge on any atom is -0.337 e. The van der Waals surface area contributed by atoms with Crippen LogP contribution in [0.2, 0.25) is 10.0 Å². The molecule has 90 valence electrons. The Morgan fingerprint density at radius 3 is 2.61 bits per heavy atom. The molecular formula is C12H7Cl2N3O. The van der Waals surface area contributed by atoms with Crippen molar-refractivity contribution < 1.29 is 0 Å². The molecule has 0 bridgehead atoms. The highest BCUT2D eigenvalue weighted by Crippen LogP contribution is 2.28. The van der Waals surface area contributed by atoms with E-state index in [1.807, 2.05) is 0 Å². The lowest BCUT2D eigenvalue weighted by molar-refractivity contribution is 1.19. The first-order chi connectivity index (χ1) is 8.63. The summed E-state index contributed by atoms with van der Waals surface area (Å²) in [5, 5.41) is 0.907. The molecule has 0 saturated carbocycles.